The fourth-order valence-electron chi connectivity index (χ4n) is 2.15. The number of halogens is 2. The van der Waals surface area contributed by atoms with Gasteiger partial charge < -0.3 is 14.8 Å². The summed E-state index contributed by atoms with van der Waals surface area (Å²) in [6, 6.07) is 10.6. The van der Waals surface area contributed by atoms with Gasteiger partial charge in [-0.1, -0.05) is 12.1 Å². The van der Waals surface area contributed by atoms with E-state index >= 15 is 0 Å². The quantitative estimate of drug-likeness (QED) is 0.662. The van der Waals surface area contributed by atoms with Gasteiger partial charge in [-0.3, -0.25) is 4.79 Å². The Balaban J connectivity index is 1.59. The molecule has 0 atom stereocenters. The predicted molar refractivity (Wildman–Crippen MR) is 91.6 cm³/mol. The summed E-state index contributed by atoms with van der Waals surface area (Å²) in [5, 5.41) is 2.37. The highest BCUT2D eigenvalue weighted by atomic mass is 32.1. The fraction of sp³-hybridized carbons (Fsp3) is 0.118. The molecule has 0 radical (unpaired) electrons. The van der Waals surface area contributed by atoms with Crippen molar-refractivity contribution in [2.24, 2.45) is 0 Å². The molecule has 0 bridgehead atoms. The van der Waals surface area contributed by atoms with E-state index in [9.17, 15) is 18.4 Å². The van der Waals surface area contributed by atoms with Crippen LogP contribution in [0.1, 0.15) is 10.4 Å². The van der Waals surface area contributed by atoms with Crippen molar-refractivity contribution in [1.29, 1.82) is 0 Å². The lowest BCUT2D eigenvalue weighted by Gasteiger charge is -2.11. The number of nitrogens with one attached hydrogen (secondary N) is 1. The molecular weight excluding hydrogens is 366 g/mol. The maximum atomic E-state index is 12.4. The molecule has 9 heteroatoms. The van der Waals surface area contributed by atoms with Gasteiger partial charge in [-0.25, -0.2) is 9.78 Å². The molecular formula is C17H12F2N2O4S. The number of rotatable bonds is 6. The number of hydrogen-bond acceptors (Lipinski definition) is 6. The Kier molecular flexibility index (Phi) is 5.37. The molecule has 0 fully saturated rings. The monoisotopic (exact) mass is 378 g/mol. The van der Waals surface area contributed by atoms with Gasteiger partial charge in [-0.05, 0) is 30.3 Å². The molecule has 3 rings (SSSR count). The van der Waals surface area contributed by atoms with Crippen LogP contribution in [-0.4, -0.2) is 30.1 Å². The maximum Gasteiger partial charge on any atom is 0.387 e. The summed E-state index contributed by atoms with van der Waals surface area (Å²) in [5.74, 6) is -1.53. The zero-order valence-corrected chi connectivity index (χ0v) is 14.0. The number of amides is 1. The average Bonchev–Trinajstić information content (AvgIpc) is 3.08. The summed E-state index contributed by atoms with van der Waals surface area (Å²) in [5.41, 5.74) is 2.77. The highest BCUT2D eigenvalue weighted by Gasteiger charge is 2.14. The number of carbonyl (C=O) groups excluding carboxylic acids is 2. The van der Waals surface area contributed by atoms with E-state index in [1.807, 2.05) is 0 Å². The minimum absolute atomic E-state index is 0.0555. The van der Waals surface area contributed by atoms with Crippen LogP contribution in [0.15, 0.2) is 48.0 Å². The molecule has 0 unspecified atom stereocenters. The van der Waals surface area contributed by atoms with E-state index in [-0.39, 0.29) is 17.0 Å². The molecule has 3 aromatic rings. The van der Waals surface area contributed by atoms with Crippen LogP contribution in [-0.2, 0) is 9.53 Å². The third-order valence-electron chi connectivity index (χ3n) is 3.28. The first-order chi connectivity index (χ1) is 12.5. The molecule has 0 spiro atoms. The van der Waals surface area contributed by atoms with E-state index in [0.29, 0.717) is 0 Å². The largest absolute Gasteiger partial charge is 0.452 e. The van der Waals surface area contributed by atoms with Crippen LogP contribution in [0.25, 0.3) is 10.2 Å². The van der Waals surface area contributed by atoms with Gasteiger partial charge in [0.1, 0.15) is 5.75 Å². The second-order valence-electron chi connectivity index (χ2n) is 5.03. The molecule has 0 saturated heterocycles. The molecule has 1 N–H and O–H groups in total. The molecule has 6 nitrogen and oxygen atoms in total. The van der Waals surface area contributed by atoms with Crippen molar-refractivity contribution in [2.75, 3.05) is 11.9 Å². The van der Waals surface area contributed by atoms with Crippen LogP contribution in [0.3, 0.4) is 0 Å². The van der Waals surface area contributed by atoms with Gasteiger partial charge in [0.15, 0.2) is 6.61 Å². The van der Waals surface area contributed by atoms with Crippen molar-refractivity contribution in [3.8, 4) is 5.75 Å². The molecule has 1 heterocycles. The average molecular weight is 378 g/mol. The van der Waals surface area contributed by atoms with Crippen molar-refractivity contribution in [2.45, 2.75) is 6.61 Å². The summed E-state index contributed by atoms with van der Waals surface area (Å²) in [6.45, 7) is -3.59. The van der Waals surface area contributed by atoms with Gasteiger partial charge in [-0.15, -0.1) is 11.3 Å². The number of nitrogens with zero attached hydrogens (tertiary/aromatic N) is 1. The number of aromatic nitrogens is 1. The highest BCUT2D eigenvalue weighted by Crippen LogP contribution is 2.25. The Bertz CT molecular complexity index is 945. The standard InChI is InChI=1S/C17H12F2N2O4S/c18-17(19)25-13-4-2-1-3-11(13)21-15(22)8-24-16(23)10-5-6-12-14(7-10)26-9-20-12/h1-7,9,17H,8H2,(H,21,22). The van der Waals surface area contributed by atoms with Crippen LogP contribution in [0.5, 0.6) is 5.75 Å². The van der Waals surface area contributed by atoms with Crippen LogP contribution in [0.4, 0.5) is 14.5 Å². The number of hydrogen-bond donors (Lipinski definition) is 1. The summed E-state index contributed by atoms with van der Waals surface area (Å²) >= 11 is 1.38. The molecule has 0 aliphatic heterocycles. The second-order valence-corrected chi connectivity index (χ2v) is 5.92. The molecule has 26 heavy (non-hydrogen) atoms. The van der Waals surface area contributed by atoms with E-state index in [1.165, 1.54) is 29.5 Å². The highest BCUT2D eigenvalue weighted by molar-refractivity contribution is 7.16. The summed E-state index contributed by atoms with van der Waals surface area (Å²) in [6.07, 6.45) is 0. The van der Waals surface area contributed by atoms with Gasteiger partial charge >= 0.3 is 12.6 Å². The third-order valence-corrected chi connectivity index (χ3v) is 4.07. The summed E-state index contributed by atoms with van der Waals surface area (Å²) < 4.78 is 34.8. The van der Waals surface area contributed by atoms with Gasteiger partial charge in [0, 0.05) is 0 Å². The Hall–Kier alpha value is -3.07. The smallest absolute Gasteiger partial charge is 0.387 e. The topological polar surface area (TPSA) is 77.5 Å². The first-order valence-electron chi connectivity index (χ1n) is 7.37. The Morgan fingerprint density at radius 2 is 2.00 bits per heavy atom. The number of para-hydroxylation sites is 2. The summed E-state index contributed by atoms with van der Waals surface area (Å²) in [4.78, 5) is 28.1. The lowest BCUT2D eigenvalue weighted by molar-refractivity contribution is -0.119. The third kappa shape index (κ3) is 4.31. The van der Waals surface area contributed by atoms with Gasteiger partial charge in [0.2, 0.25) is 0 Å². The van der Waals surface area contributed by atoms with E-state index in [0.717, 1.165) is 10.2 Å². The Labute approximate surface area is 150 Å². The molecule has 0 saturated carbocycles. The number of esters is 1. The molecule has 134 valence electrons. The molecule has 1 aromatic heterocycles. The number of alkyl halides is 2. The fourth-order valence-corrected chi connectivity index (χ4v) is 2.87. The lowest BCUT2D eigenvalue weighted by atomic mass is 10.2. The van der Waals surface area contributed by atoms with Crippen molar-refractivity contribution in [3.63, 3.8) is 0 Å². The Morgan fingerprint density at radius 3 is 2.81 bits per heavy atom. The number of fused-ring (bicyclic) bond motifs is 1. The van der Waals surface area contributed by atoms with Gasteiger partial charge in [0.05, 0.1) is 27.0 Å². The number of anilines is 1. The first kappa shape index (κ1) is 17.7. The second kappa shape index (κ2) is 7.87. The Morgan fingerprint density at radius 1 is 1.19 bits per heavy atom. The van der Waals surface area contributed by atoms with E-state index in [1.54, 1.807) is 29.8 Å². The van der Waals surface area contributed by atoms with Crippen LogP contribution < -0.4 is 10.1 Å². The van der Waals surface area contributed by atoms with Crippen LogP contribution in [0, 0.1) is 0 Å². The zero-order valence-electron chi connectivity index (χ0n) is 13.1. The van der Waals surface area contributed by atoms with Crippen molar-refractivity contribution < 1.29 is 27.8 Å². The maximum absolute atomic E-state index is 12.4. The molecule has 2 aromatic carbocycles. The number of benzene rings is 2. The molecule has 1 amide bonds. The minimum atomic E-state index is -3.02. The van der Waals surface area contributed by atoms with Crippen molar-refractivity contribution in [3.05, 3.63) is 53.5 Å². The summed E-state index contributed by atoms with van der Waals surface area (Å²) in [7, 11) is 0. The van der Waals surface area contributed by atoms with Crippen LogP contribution >= 0.6 is 11.3 Å². The van der Waals surface area contributed by atoms with E-state index < -0.39 is 25.1 Å². The van der Waals surface area contributed by atoms with Crippen LogP contribution in [0.2, 0.25) is 0 Å². The first-order valence-corrected chi connectivity index (χ1v) is 8.25. The number of thiazole rings is 1. The van der Waals surface area contributed by atoms with Crippen molar-refractivity contribution >= 4 is 39.1 Å². The number of carbonyl (C=O) groups is 2. The van der Waals surface area contributed by atoms with E-state index in [2.05, 4.69) is 15.0 Å². The number of ether oxygens (including phenoxy) is 2. The SMILES string of the molecule is O=C(COC(=O)c1ccc2ncsc2c1)Nc1ccccc1OC(F)F. The lowest BCUT2D eigenvalue weighted by Crippen LogP contribution is -2.21. The zero-order chi connectivity index (χ0) is 18.5. The molecule has 0 aliphatic rings. The normalized spacial score (nSPS) is 10.7. The van der Waals surface area contributed by atoms with Gasteiger partial charge in [-0.2, -0.15) is 8.78 Å². The molecule has 0 aliphatic carbocycles. The van der Waals surface area contributed by atoms with Crippen molar-refractivity contribution in [1.82, 2.24) is 4.98 Å². The van der Waals surface area contributed by atoms with E-state index in [4.69, 9.17) is 4.74 Å². The van der Waals surface area contributed by atoms with Gasteiger partial charge in [0.25, 0.3) is 5.91 Å². The minimum Gasteiger partial charge on any atom is -0.452 e. The predicted octanol–water partition coefficient (Wildman–Crippen LogP) is 3.69.